The molecule has 1 aliphatic rings. The standard InChI is InChI=1S/C14H23NO2.CO2.CH4/c1-6-11-8-9-15(10-12(11)7-2)13(16)17-14(3,4)5;2-1-3;/h7H,2,6,8-10H2,1,3-5H3;;1H4. The van der Waals surface area contributed by atoms with Gasteiger partial charge in [-0.2, -0.15) is 9.59 Å². The quantitative estimate of drug-likeness (QED) is 0.781. The fourth-order valence-electron chi connectivity index (χ4n) is 1.92. The zero-order valence-corrected chi connectivity index (χ0v) is 12.7. The molecule has 5 nitrogen and oxygen atoms in total. The van der Waals surface area contributed by atoms with Gasteiger partial charge in [0.25, 0.3) is 0 Å². The number of carbonyl (C=O) groups is 1. The average molecular weight is 297 g/mol. The summed E-state index contributed by atoms with van der Waals surface area (Å²) in [5.41, 5.74) is 2.14. The van der Waals surface area contributed by atoms with E-state index in [2.05, 4.69) is 13.5 Å². The van der Waals surface area contributed by atoms with E-state index in [9.17, 15) is 4.79 Å². The lowest BCUT2D eigenvalue weighted by molar-refractivity contribution is -0.191. The Balaban J connectivity index is 0. The van der Waals surface area contributed by atoms with Crippen LogP contribution in [0, 0.1) is 0 Å². The fraction of sp³-hybridized carbons (Fsp3) is 0.625. The van der Waals surface area contributed by atoms with Crippen LogP contribution in [0.15, 0.2) is 23.8 Å². The Morgan fingerprint density at radius 1 is 1.43 bits per heavy atom. The van der Waals surface area contributed by atoms with E-state index in [4.69, 9.17) is 14.3 Å². The summed E-state index contributed by atoms with van der Waals surface area (Å²) in [6, 6.07) is 0. The van der Waals surface area contributed by atoms with Gasteiger partial charge < -0.3 is 9.64 Å². The monoisotopic (exact) mass is 297 g/mol. The first kappa shape index (κ1) is 21.4. The summed E-state index contributed by atoms with van der Waals surface area (Å²) in [6.07, 6.45) is 3.84. The molecule has 0 fully saturated rings. The van der Waals surface area contributed by atoms with Crippen molar-refractivity contribution in [2.75, 3.05) is 13.1 Å². The van der Waals surface area contributed by atoms with Crippen LogP contribution in [0.3, 0.4) is 0 Å². The molecule has 0 aromatic heterocycles. The molecule has 0 bridgehead atoms. The molecule has 0 aromatic carbocycles. The highest BCUT2D eigenvalue weighted by Crippen LogP contribution is 2.22. The lowest BCUT2D eigenvalue weighted by Gasteiger charge is -2.31. The second-order valence-corrected chi connectivity index (χ2v) is 5.42. The summed E-state index contributed by atoms with van der Waals surface area (Å²) in [5, 5.41) is 0. The average Bonchev–Trinajstić information content (AvgIpc) is 2.36. The molecule has 21 heavy (non-hydrogen) atoms. The van der Waals surface area contributed by atoms with Gasteiger partial charge in [-0.3, -0.25) is 0 Å². The fourth-order valence-corrected chi connectivity index (χ4v) is 1.92. The van der Waals surface area contributed by atoms with Gasteiger partial charge in [0.2, 0.25) is 0 Å². The van der Waals surface area contributed by atoms with Crippen molar-refractivity contribution in [3.8, 4) is 0 Å². The minimum Gasteiger partial charge on any atom is -0.444 e. The van der Waals surface area contributed by atoms with Crippen molar-refractivity contribution in [3.05, 3.63) is 23.8 Å². The van der Waals surface area contributed by atoms with Gasteiger partial charge in [0.1, 0.15) is 5.60 Å². The van der Waals surface area contributed by atoms with Crippen LogP contribution in [0.5, 0.6) is 0 Å². The molecular weight excluding hydrogens is 270 g/mol. The number of nitrogens with zero attached hydrogens (tertiary/aromatic N) is 1. The molecule has 0 spiro atoms. The molecule has 1 aliphatic heterocycles. The number of carbonyl (C=O) groups excluding carboxylic acids is 3. The van der Waals surface area contributed by atoms with Crippen molar-refractivity contribution in [1.29, 1.82) is 0 Å². The summed E-state index contributed by atoms with van der Waals surface area (Å²) >= 11 is 0. The van der Waals surface area contributed by atoms with Gasteiger partial charge in [-0.15, -0.1) is 0 Å². The maximum Gasteiger partial charge on any atom is 0.410 e. The molecule has 0 aromatic rings. The lowest BCUT2D eigenvalue weighted by Crippen LogP contribution is -2.40. The van der Waals surface area contributed by atoms with Crippen molar-refractivity contribution in [2.24, 2.45) is 0 Å². The Morgan fingerprint density at radius 3 is 2.33 bits per heavy atom. The van der Waals surface area contributed by atoms with E-state index in [1.807, 2.05) is 26.8 Å². The van der Waals surface area contributed by atoms with Crippen LogP contribution in [0.25, 0.3) is 0 Å². The lowest BCUT2D eigenvalue weighted by atomic mass is 9.98. The third-order valence-electron chi connectivity index (χ3n) is 2.82. The van der Waals surface area contributed by atoms with E-state index in [1.54, 1.807) is 4.90 Å². The number of rotatable bonds is 2. The Hall–Kier alpha value is -1.87. The molecule has 120 valence electrons. The van der Waals surface area contributed by atoms with Gasteiger partial charge in [0.05, 0.1) is 0 Å². The number of hydrogen-bond acceptors (Lipinski definition) is 4. The predicted molar refractivity (Wildman–Crippen MR) is 81.7 cm³/mol. The zero-order chi connectivity index (χ0) is 15.8. The van der Waals surface area contributed by atoms with Crippen LogP contribution >= 0.6 is 0 Å². The number of hydrogen-bond donors (Lipinski definition) is 0. The van der Waals surface area contributed by atoms with Gasteiger partial charge in [-0.05, 0) is 39.2 Å². The normalized spacial score (nSPS) is 14.2. The summed E-state index contributed by atoms with van der Waals surface area (Å²) < 4.78 is 5.37. The van der Waals surface area contributed by atoms with E-state index < -0.39 is 5.60 Å². The van der Waals surface area contributed by atoms with Crippen molar-refractivity contribution >= 4 is 12.2 Å². The first-order chi connectivity index (χ1) is 9.28. The molecule has 0 N–H and O–H groups in total. The predicted octanol–water partition coefficient (Wildman–Crippen LogP) is 3.57. The van der Waals surface area contributed by atoms with Gasteiger partial charge in [-0.25, -0.2) is 4.79 Å². The topological polar surface area (TPSA) is 63.7 Å². The molecular formula is C16H27NO4. The summed E-state index contributed by atoms with van der Waals surface area (Å²) in [5.74, 6) is 0. The van der Waals surface area contributed by atoms with Crippen LogP contribution in [0.1, 0.15) is 48.0 Å². The first-order valence-electron chi connectivity index (χ1n) is 6.59. The molecule has 1 heterocycles. The van der Waals surface area contributed by atoms with Crippen molar-refractivity contribution < 1.29 is 19.1 Å². The second kappa shape index (κ2) is 9.94. The molecule has 1 amide bonds. The minimum atomic E-state index is -0.430. The first-order valence-corrected chi connectivity index (χ1v) is 6.59. The third kappa shape index (κ3) is 8.10. The SMILES string of the molecule is C.C=CC1=C(CC)CCN(C(=O)OC(C)(C)C)C1.O=C=O. The van der Waals surface area contributed by atoms with E-state index >= 15 is 0 Å². The minimum absolute atomic E-state index is 0. The molecule has 0 aliphatic carbocycles. The number of ether oxygens (including phenoxy) is 1. The van der Waals surface area contributed by atoms with Crippen LogP contribution < -0.4 is 0 Å². The van der Waals surface area contributed by atoms with Gasteiger partial charge in [-0.1, -0.05) is 32.6 Å². The number of amides is 1. The van der Waals surface area contributed by atoms with Crippen LogP contribution in [-0.4, -0.2) is 35.8 Å². The maximum absolute atomic E-state index is 11.9. The van der Waals surface area contributed by atoms with E-state index in [0.717, 1.165) is 19.4 Å². The van der Waals surface area contributed by atoms with Crippen molar-refractivity contribution in [2.45, 2.75) is 53.6 Å². The zero-order valence-electron chi connectivity index (χ0n) is 12.7. The molecule has 0 saturated heterocycles. The summed E-state index contributed by atoms with van der Waals surface area (Å²) in [7, 11) is 0. The van der Waals surface area contributed by atoms with Crippen molar-refractivity contribution in [3.63, 3.8) is 0 Å². The van der Waals surface area contributed by atoms with Crippen LogP contribution in [-0.2, 0) is 14.3 Å². The summed E-state index contributed by atoms with van der Waals surface area (Å²) in [6.45, 7) is 13.0. The molecule has 0 unspecified atom stereocenters. The second-order valence-electron chi connectivity index (χ2n) is 5.42. The molecule has 0 atom stereocenters. The smallest absolute Gasteiger partial charge is 0.410 e. The van der Waals surface area contributed by atoms with E-state index in [-0.39, 0.29) is 19.7 Å². The van der Waals surface area contributed by atoms with Gasteiger partial charge >= 0.3 is 12.2 Å². The van der Waals surface area contributed by atoms with E-state index in [1.165, 1.54) is 11.1 Å². The Labute approximate surface area is 127 Å². The summed E-state index contributed by atoms with van der Waals surface area (Å²) in [4.78, 5) is 29.9. The van der Waals surface area contributed by atoms with E-state index in [0.29, 0.717) is 6.54 Å². The molecule has 1 rings (SSSR count). The highest BCUT2D eigenvalue weighted by atomic mass is 16.6. The molecule has 0 saturated carbocycles. The molecule has 0 radical (unpaired) electrons. The largest absolute Gasteiger partial charge is 0.444 e. The highest BCUT2D eigenvalue weighted by Gasteiger charge is 2.25. The third-order valence-corrected chi connectivity index (χ3v) is 2.82. The van der Waals surface area contributed by atoms with Crippen LogP contribution in [0.4, 0.5) is 4.79 Å². The van der Waals surface area contributed by atoms with Gasteiger partial charge in [0, 0.05) is 13.1 Å². The Morgan fingerprint density at radius 2 is 1.95 bits per heavy atom. The highest BCUT2D eigenvalue weighted by molar-refractivity contribution is 5.69. The Kier molecular flexibility index (Phi) is 10.1. The molecule has 5 heteroatoms. The maximum atomic E-state index is 11.9. The van der Waals surface area contributed by atoms with Gasteiger partial charge in [0.15, 0.2) is 0 Å². The Bertz CT molecular complexity index is 412. The van der Waals surface area contributed by atoms with Crippen molar-refractivity contribution in [1.82, 2.24) is 4.90 Å². The van der Waals surface area contributed by atoms with Crippen LogP contribution in [0.2, 0.25) is 0 Å².